The molecule has 0 aliphatic heterocycles. The number of carbonyl (C=O) groups excluding carboxylic acids is 2. The van der Waals surface area contributed by atoms with Gasteiger partial charge in [-0.3, -0.25) is 9.59 Å². The topological polar surface area (TPSA) is 86.2 Å². The fourth-order valence-electron chi connectivity index (χ4n) is 1.78. The summed E-state index contributed by atoms with van der Waals surface area (Å²) in [5, 5.41) is 1.22. The Morgan fingerprint density at radius 1 is 0.941 bits per heavy atom. The third kappa shape index (κ3) is 1.89. The molecular weight excluding hydrogens is 284 g/mol. The second kappa shape index (κ2) is 4.18. The molecule has 2 aromatic carbocycles. The van der Waals surface area contributed by atoms with Crippen LogP contribution in [0.4, 0.5) is 0 Å². The van der Waals surface area contributed by atoms with E-state index in [0.717, 1.165) is 9.86 Å². The zero-order valence-corrected chi connectivity index (χ0v) is 10.3. The summed E-state index contributed by atoms with van der Waals surface area (Å²) in [6, 6.07) is 8.36. The molecule has 0 aliphatic rings. The van der Waals surface area contributed by atoms with E-state index in [1.807, 2.05) is 0 Å². The van der Waals surface area contributed by atoms with Crippen LogP contribution in [0.2, 0.25) is 0 Å². The van der Waals surface area contributed by atoms with Crippen molar-refractivity contribution in [3.05, 3.63) is 45.9 Å². The zero-order valence-electron chi connectivity index (χ0n) is 8.74. The average Bonchev–Trinajstić information content (AvgIpc) is 2.28. The predicted molar refractivity (Wildman–Crippen MR) is 68.7 cm³/mol. The van der Waals surface area contributed by atoms with Crippen molar-refractivity contribution >= 4 is 38.5 Å². The first-order valence-electron chi connectivity index (χ1n) is 4.83. The maximum absolute atomic E-state index is 11.4. The highest BCUT2D eigenvalue weighted by Gasteiger charge is 2.15. The lowest BCUT2D eigenvalue weighted by molar-refractivity contribution is 0.0998. The number of halogens is 1. The number of nitrogens with two attached hydrogens (primary N) is 2. The smallest absolute Gasteiger partial charge is 0.249 e. The van der Waals surface area contributed by atoms with Crippen LogP contribution in [0, 0.1) is 0 Å². The lowest BCUT2D eigenvalue weighted by Crippen LogP contribution is -2.16. The molecule has 0 heterocycles. The van der Waals surface area contributed by atoms with Crippen molar-refractivity contribution in [1.29, 1.82) is 0 Å². The minimum Gasteiger partial charge on any atom is -0.366 e. The third-order valence-electron chi connectivity index (χ3n) is 2.52. The van der Waals surface area contributed by atoms with E-state index in [2.05, 4.69) is 15.9 Å². The molecule has 0 atom stereocenters. The molecule has 0 aliphatic carbocycles. The number of fused-ring (bicyclic) bond motifs is 1. The first kappa shape index (κ1) is 11.6. The summed E-state index contributed by atoms with van der Waals surface area (Å²) in [5.74, 6) is -1.17. The van der Waals surface area contributed by atoms with Crippen LogP contribution >= 0.6 is 15.9 Å². The Bertz CT molecular complexity index is 617. The zero-order chi connectivity index (χ0) is 12.6. The molecule has 0 spiro atoms. The summed E-state index contributed by atoms with van der Waals surface area (Å²) in [6.07, 6.45) is 0. The van der Waals surface area contributed by atoms with Crippen LogP contribution in [-0.4, -0.2) is 11.8 Å². The SMILES string of the molecule is NC(=O)c1cccc2c(Br)ccc(C(N)=O)c12. The summed E-state index contributed by atoms with van der Waals surface area (Å²) in [7, 11) is 0. The number of primary amides is 2. The second-order valence-corrected chi connectivity index (χ2v) is 4.41. The molecule has 2 rings (SSSR count). The summed E-state index contributed by atoms with van der Waals surface area (Å²) in [4.78, 5) is 22.7. The normalized spacial score (nSPS) is 10.4. The highest BCUT2D eigenvalue weighted by Crippen LogP contribution is 2.29. The summed E-state index contributed by atoms with van der Waals surface area (Å²) >= 11 is 3.36. The molecule has 0 unspecified atom stereocenters. The maximum Gasteiger partial charge on any atom is 0.249 e. The molecule has 0 saturated heterocycles. The number of hydrogen-bond donors (Lipinski definition) is 2. The quantitative estimate of drug-likeness (QED) is 0.884. The predicted octanol–water partition coefficient (Wildman–Crippen LogP) is 1.80. The van der Waals surface area contributed by atoms with Crippen LogP contribution in [0.15, 0.2) is 34.8 Å². The van der Waals surface area contributed by atoms with Crippen molar-refractivity contribution in [2.45, 2.75) is 0 Å². The van der Waals surface area contributed by atoms with E-state index < -0.39 is 11.8 Å². The number of benzene rings is 2. The Labute approximate surface area is 106 Å². The molecule has 17 heavy (non-hydrogen) atoms. The monoisotopic (exact) mass is 292 g/mol. The Morgan fingerprint density at radius 3 is 2.12 bits per heavy atom. The largest absolute Gasteiger partial charge is 0.366 e. The van der Waals surface area contributed by atoms with Crippen LogP contribution in [0.3, 0.4) is 0 Å². The van der Waals surface area contributed by atoms with Gasteiger partial charge in [0.2, 0.25) is 11.8 Å². The molecule has 2 aromatic rings. The van der Waals surface area contributed by atoms with E-state index in [1.54, 1.807) is 30.3 Å². The van der Waals surface area contributed by atoms with E-state index in [0.29, 0.717) is 5.39 Å². The Balaban J connectivity index is 2.99. The number of carbonyl (C=O) groups is 2. The fraction of sp³-hybridized carbons (Fsp3) is 0. The van der Waals surface area contributed by atoms with Crippen LogP contribution in [0.1, 0.15) is 20.7 Å². The van der Waals surface area contributed by atoms with Gasteiger partial charge in [0, 0.05) is 21.0 Å². The molecule has 4 N–H and O–H groups in total. The summed E-state index contributed by atoms with van der Waals surface area (Å²) < 4.78 is 0.778. The first-order valence-corrected chi connectivity index (χ1v) is 5.62. The van der Waals surface area contributed by atoms with E-state index in [4.69, 9.17) is 11.5 Å². The number of amides is 2. The summed E-state index contributed by atoms with van der Waals surface area (Å²) in [6.45, 7) is 0. The average molecular weight is 293 g/mol. The molecule has 5 heteroatoms. The van der Waals surface area contributed by atoms with Crippen molar-refractivity contribution in [2.24, 2.45) is 11.5 Å². The lowest BCUT2D eigenvalue weighted by Gasteiger charge is -2.08. The fourth-order valence-corrected chi connectivity index (χ4v) is 2.24. The van der Waals surface area contributed by atoms with Gasteiger partial charge in [-0.1, -0.05) is 28.1 Å². The van der Waals surface area contributed by atoms with E-state index in [-0.39, 0.29) is 11.1 Å². The first-order chi connectivity index (χ1) is 8.02. The van der Waals surface area contributed by atoms with Crippen molar-refractivity contribution in [3.8, 4) is 0 Å². The van der Waals surface area contributed by atoms with Gasteiger partial charge in [-0.05, 0) is 23.6 Å². The van der Waals surface area contributed by atoms with Crippen LogP contribution in [0.25, 0.3) is 10.8 Å². The highest BCUT2D eigenvalue weighted by atomic mass is 79.9. The van der Waals surface area contributed by atoms with Crippen molar-refractivity contribution in [2.75, 3.05) is 0 Å². The Hall–Kier alpha value is -1.88. The molecule has 4 nitrogen and oxygen atoms in total. The molecule has 86 valence electrons. The molecule has 0 bridgehead atoms. The van der Waals surface area contributed by atoms with Gasteiger partial charge in [-0.25, -0.2) is 0 Å². The third-order valence-corrected chi connectivity index (χ3v) is 3.21. The van der Waals surface area contributed by atoms with Gasteiger partial charge < -0.3 is 11.5 Å². The molecule has 0 saturated carbocycles. The van der Waals surface area contributed by atoms with E-state index in [1.165, 1.54) is 0 Å². The van der Waals surface area contributed by atoms with Crippen LogP contribution in [0.5, 0.6) is 0 Å². The van der Waals surface area contributed by atoms with E-state index in [9.17, 15) is 9.59 Å². The number of rotatable bonds is 2. The van der Waals surface area contributed by atoms with Crippen LogP contribution in [-0.2, 0) is 0 Å². The Kier molecular flexibility index (Phi) is 2.85. The molecule has 0 aromatic heterocycles. The number of hydrogen-bond acceptors (Lipinski definition) is 2. The van der Waals surface area contributed by atoms with Gasteiger partial charge in [0.15, 0.2) is 0 Å². The molecular formula is C12H9BrN2O2. The van der Waals surface area contributed by atoms with Crippen LogP contribution < -0.4 is 11.5 Å². The minimum atomic E-state index is -0.587. The van der Waals surface area contributed by atoms with Crippen molar-refractivity contribution < 1.29 is 9.59 Å². The van der Waals surface area contributed by atoms with Gasteiger partial charge in [0.05, 0.1) is 0 Å². The van der Waals surface area contributed by atoms with E-state index >= 15 is 0 Å². The molecule has 0 fully saturated rings. The minimum absolute atomic E-state index is 0.289. The van der Waals surface area contributed by atoms with Gasteiger partial charge >= 0.3 is 0 Å². The lowest BCUT2D eigenvalue weighted by atomic mass is 9.98. The van der Waals surface area contributed by atoms with Gasteiger partial charge in [0.1, 0.15) is 0 Å². The standard InChI is InChI=1S/C12H9BrN2O2/c13-9-5-4-8(12(15)17)10-6(9)2-1-3-7(10)11(14)16/h1-5H,(H2,14,16)(H2,15,17). The van der Waals surface area contributed by atoms with Crippen molar-refractivity contribution in [3.63, 3.8) is 0 Å². The van der Waals surface area contributed by atoms with Gasteiger partial charge in [0.25, 0.3) is 0 Å². The molecule has 0 radical (unpaired) electrons. The molecule has 2 amide bonds. The second-order valence-electron chi connectivity index (χ2n) is 3.55. The van der Waals surface area contributed by atoms with Crippen molar-refractivity contribution in [1.82, 2.24) is 0 Å². The van der Waals surface area contributed by atoms with Gasteiger partial charge in [-0.2, -0.15) is 0 Å². The Morgan fingerprint density at radius 2 is 1.53 bits per heavy atom. The van der Waals surface area contributed by atoms with Gasteiger partial charge in [-0.15, -0.1) is 0 Å². The maximum atomic E-state index is 11.4. The summed E-state index contributed by atoms with van der Waals surface area (Å²) in [5.41, 5.74) is 11.2. The highest BCUT2D eigenvalue weighted by molar-refractivity contribution is 9.10.